The van der Waals surface area contributed by atoms with Crippen LogP contribution in [0.25, 0.3) is 0 Å². The van der Waals surface area contributed by atoms with Gasteiger partial charge in [-0.05, 0) is 30.2 Å². The van der Waals surface area contributed by atoms with E-state index >= 15 is 0 Å². The Hall–Kier alpha value is -3.22. The Morgan fingerprint density at radius 1 is 1.18 bits per heavy atom. The van der Waals surface area contributed by atoms with Crippen LogP contribution >= 0.6 is 0 Å². The second-order valence-electron chi connectivity index (χ2n) is 6.37. The van der Waals surface area contributed by atoms with Crippen LogP contribution in [0.4, 0.5) is 0 Å². The molecule has 0 fully saturated rings. The first-order valence-corrected chi connectivity index (χ1v) is 9.01. The zero-order valence-electron chi connectivity index (χ0n) is 15.8. The maximum absolute atomic E-state index is 12.2. The number of carboxylic acid groups (broad SMARTS) is 1. The summed E-state index contributed by atoms with van der Waals surface area (Å²) in [6.45, 7) is 2.12. The van der Waals surface area contributed by atoms with Gasteiger partial charge in [-0.25, -0.2) is 4.79 Å². The molecule has 7 heteroatoms. The van der Waals surface area contributed by atoms with E-state index in [1.165, 1.54) is 0 Å². The molecule has 3 rings (SSSR count). The number of benzene rings is 2. The van der Waals surface area contributed by atoms with Crippen LogP contribution in [0.2, 0.25) is 0 Å². The van der Waals surface area contributed by atoms with E-state index in [9.17, 15) is 9.59 Å². The van der Waals surface area contributed by atoms with Gasteiger partial charge in [0.2, 0.25) is 0 Å². The van der Waals surface area contributed by atoms with E-state index < -0.39 is 12.6 Å². The lowest BCUT2D eigenvalue weighted by Gasteiger charge is -2.26. The molecular formula is C21H22O7. The predicted octanol–water partition coefficient (Wildman–Crippen LogP) is 3.39. The maximum atomic E-state index is 12.2. The molecule has 1 N–H and O–H groups in total. The molecule has 1 aliphatic rings. The molecule has 2 aromatic rings. The zero-order chi connectivity index (χ0) is 20.1. The van der Waals surface area contributed by atoms with Gasteiger partial charge < -0.3 is 24.1 Å². The van der Waals surface area contributed by atoms with Gasteiger partial charge in [-0.2, -0.15) is 0 Å². The Bertz CT molecular complexity index is 875. The second kappa shape index (κ2) is 8.65. The van der Waals surface area contributed by atoms with Gasteiger partial charge in [0.25, 0.3) is 0 Å². The molecule has 0 bridgehead atoms. The summed E-state index contributed by atoms with van der Waals surface area (Å²) in [5, 5.41) is 8.74. The summed E-state index contributed by atoms with van der Waals surface area (Å²) in [5.41, 5.74) is 1.73. The third-order valence-corrected chi connectivity index (χ3v) is 4.37. The highest BCUT2D eigenvalue weighted by molar-refractivity contribution is 5.78. The molecule has 0 radical (unpaired) electrons. The van der Waals surface area contributed by atoms with Crippen molar-refractivity contribution >= 4 is 11.9 Å². The summed E-state index contributed by atoms with van der Waals surface area (Å²) in [5.74, 6) is 0.314. The van der Waals surface area contributed by atoms with Crippen LogP contribution < -0.4 is 18.9 Å². The first-order chi connectivity index (χ1) is 13.5. The Kier molecular flexibility index (Phi) is 6.03. The molecule has 2 aromatic carbocycles. The lowest BCUT2D eigenvalue weighted by molar-refractivity contribution is -0.139. The number of methoxy groups -OCH3 is 1. The van der Waals surface area contributed by atoms with E-state index in [0.29, 0.717) is 29.6 Å². The molecule has 0 amide bonds. The molecule has 148 valence electrons. The van der Waals surface area contributed by atoms with Crippen molar-refractivity contribution in [3.05, 3.63) is 47.5 Å². The summed E-state index contributed by atoms with van der Waals surface area (Å²) in [6.07, 6.45) is 1.06. The number of carbonyl (C=O) groups excluding carboxylic acids is 1. The van der Waals surface area contributed by atoms with Crippen molar-refractivity contribution in [2.24, 2.45) is 0 Å². The van der Waals surface area contributed by atoms with E-state index in [1.807, 2.05) is 25.1 Å². The third kappa shape index (κ3) is 4.36. The zero-order valence-corrected chi connectivity index (χ0v) is 15.8. The standard InChI is InChI=1S/C21H22O7/c1-3-8-26-19-9-13(4-7-17(19)25-2)16-11-21(24)28-18-10-14(5-6-15(16)18)27-12-20(22)23/h4-7,9-10,16H,3,8,11-12H2,1-2H3,(H,22,23). The van der Waals surface area contributed by atoms with Crippen LogP contribution in [0.5, 0.6) is 23.0 Å². The van der Waals surface area contributed by atoms with E-state index in [-0.39, 0.29) is 18.3 Å². The SMILES string of the molecule is CCCOc1cc(C2CC(=O)Oc3cc(OCC(=O)O)ccc32)ccc1OC. The van der Waals surface area contributed by atoms with Gasteiger partial charge in [0.15, 0.2) is 18.1 Å². The van der Waals surface area contributed by atoms with Crippen molar-refractivity contribution in [1.29, 1.82) is 0 Å². The Morgan fingerprint density at radius 2 is 2.00 bits per heavy atom. The average Bonchev–Trinajstić information content (AvgIpc) is 2.69. The molecule has 0 aliphatic carbocycles. The highest BCUT2D eigenvalue weighted by Gasteiger charge is 2.29. The fraction of sp³-hybridized carbons (Fsp3) is 0.333. The lowest BCUT2D eigenvalue weighted by atomic mass is 9.86. The van der Waals surface area contributed by atoms with Crippen molar-refractivity contribution in [3.8, 4) is 23.0 Å². The molecule has 1 unspecified atom stereocenters. The van der Waals surface area contributed by atoms with Gasteiger partial charge in [0, 0.05) is 17.5 Å². The van der Waals surface area contributed by atoms with Gasteiger partial charge >= 0.3 is 11.9 Å². The topological polar surface area (TPSA) is 91.3 Å². The van der Waals surface area contributed by atoms with Crippen LogP contribution in [0.3, 0.4) is 0 Å². The van der Waals surface area contributed by atoms with Crippen LogP contribution in [0.15, 0.2) is 36.4 Å². The predicted molar refractivity (Wildman–Crippen MR) is 100 cm³/mol. The molecule has 1 aliphatic heterocycles. The van der Waals surface area contributed by atoms with E-state index in [2.05, 4.69) is 0 Å². The summed E-state index contributed by atoms with van der Waals surface area (Å²) in [7, 11) is 1.58. The van der Waals surface area contributed by atoms with Gasteiger partial charge in [0.1, 0.15) is 11.5 Å². The molecular weight excluding hydrogens is 364 g/mol. The Labute approximate surface area is 162 Å². The van der Waals surface area contributed by atoms with Crippen LogP contribution in [-0.4, -0.2) is 37.4 Å². The number of hydrogen-bond donors (Lipinski definition) is 1. The number of ether oxygens (including phenoxy) is 4. The van der Waals surface area contributed by atoms with Crippen molar-refractivity contribution in [2.75, 3.05) is 20.3 Å². The molecule has 0 saturated carbocycles. The monoisotopic (exact) mass is 386 g/mol. The van der Waals surface area contributed by atoms with Crippen molar-refractivity contribution in [3.63, 3.8) is 0 Å². The summed E-state index contributed by atoms with van der Waals surface area (Å²) >= 11 is 0. The van der Waals surface area contributed by atoms with Gasteiger partial charge in [-0.15, -0.1) is 0 Å². The Balaban J connectivity index is 1.93. The number of carboxylic acids is 1. The minimum absolute atomic E-state index is 0.196. The summed E-state index contributed by atoms with van der Waals surface area (Å²) in [4.78, 5) is 22.8. The van der Waals surface area contributed by atoms with Crippen molar-refractivity contribution < 1.29 is 33.6 Å². The summed E-state index contributed by atoms with van der Waals surface area (Å²) < 4.78 is 21.7. The fourth-order valence-electron chi connectivity index (χ4n) is 3.10. The second-order valence-corrected chi connectivity index (χ2v) is 6.37. The van der Waals surface area contributed by atoms with Crippen molar-refractivity contribution in [1.82, 2.24) is 0 Å². The first-order valence-electron chi connectivity index (χ1n) is 9.01. The van der Waals surface area contributed by atoms with E-state index in [4.69, 9.17) is 24.1 Å². The molecule has 28 heavy (non-hydrogen) atoms. The van der Waals surface area contributed by atoms with Gasteiger partial charge in [0.05, 0.1) is 20.1 Å². The number of esters is 1. The maximum Gasteiger partial charge on any atom is 0.341 e. The number of aliphatic carboxylic acids is 1. The number of fused-ring (bicyclic) bond motifs is 1. The molecule has 0 aromatic heterocycles. The molecule has 7 nitrogen and oxygen atoms in total. The van der Waals surface area contributed by atoms with Gasteiger partial charge in [-0.3, -0.25) is 4.79 Å². The number of carbonyl (C=O) groups is 2. The van der Waals surface area contributed by atoms with Crippen molar-refractivity contribution in [2.45, 2.75) is 25.7 Å². The third-order valence-electron chi connectivity index (χ3n) is 4.37. The molecule has 0 spiro atoms. The van der Waals surface area contributed by atoms with Crippen LogP contribution in [0, 0.1) is 0 Å². The number of hydrogen-bond acceptors (Lipinski definition) is 6. The Morgan fingerprint density at radius 3 is 2.71 bits per heavy atom. The fourth-order valence-corrected chi connectivity index (χ4v) is 3.10. The van der Waals surface area contributed by atoms with Crippen LogP contribution in [-0.2, 0) is 9.59 Å². The van der Waals surface area contributed by atoms with Gasteiger partial charge in [-0.1, -0.05) is 19.1 Å². The first kappa shape index (κ1) is 19.5. The largest absolute Gasteiger partial charge is 0.493 e. The average molecular weight is 386 g/mol. The lowest BCUT2D eigenvalue weighted by Crippen LogP contribution is -2.21. The molecule has 0 saturated heterocycles. The number of rotatable bonds is 8. The van der Waals surface area contributed by atoms with E-state index in [1.54, 1.807) is 25.3 Å². The van der Waals surface area contributed by atoms with Crippen LogP contribution in [0.1, 0.15) is 36.8 Å². The minimum Gasteiger partial charge on any atom is -0.493 e. The minimum atomic E-state index is -1.08. The molecule has 1 atom stereocenters. The van der Waals surface area contributed by atoms with E-state index in [0.717, 1.165) is 17.5 Å². The quantitative estimate of drug-likeness (QED) is 0.549. The highest BCUT2D eigenvalue weighted by atomic mass is 16.5. The normalized spacial score (nSPS) is 15.4. The highest BCUT2D eigenvalue weighted by Crippen LogP contribution is 2.42. The summed E-state index contributed by atoms with van der Waals surface area (Å²) in [6, 6.07) is 10.6. The smallest absolute Gasteiger partial charge is 0.341 e. The molecule has 1 heterocycles.